The van der Waals surface area contributed by atoms with E-state index in [9.17, 15) is 4.39 Å². The summed E-state index contributed by atoms with van der Waals surface area (Å²) in [6.07, 6.45) is 6.65. The maximum absolute atomic E-state index is 13.6. The quantitative estimate of drug-likeness (QED) is 0.432. The molecule has 0 N–H and O–H groups in total. The van der Waals surface area contributed by atoms with Crippen LogP contribution in [-0.2, 0) is 0 Å². The van der Waals surface area contributed by atoms with Crippen LogP contribution in [0.3, 0.4) is 0 Å². The van der Waals surface area contributed by atoms with E-state index in [1.54, 1.807) is 11.3 Å². The van der Waals surface area contributed by atoms with Gasteiger partial charge in [-0.15, -0.1) is 16.4 Å². The highest BCUT2D eigenvalue weighted by molar-refractivity contribution is 7.07. The average molecular weight is 432 g/mol. The predicted octanol–water partition coefficient (Wildman–Crippen LogP) is 6.37. The highest BCUT2D eigenvalue weighted by Crippen LogP contribution is 2.52. The second kappa shape index (κ2) is 7.56. The van der Waals surface area contributed by atoms with Gasteiger partial charge in [0, 0.05) is 16.8 Å². The van der Waals surface area contributed by atoms with Crippen LogP contribution in [0, 0.1) is 36.4 Å². The molecule has 1 heterocycles. The molecule has 5 heteroatoms. The maximum Gasteiger partial charge on any atom is 0.215 e. The zero-order valence-corrected chi connectivity index (χ0v) is 18.5. The van der Waals surface area contributed by atoms with Crippen molar-refractivity contribution >= 4 is 17.0 Å². The molecular weight excluding hydrogens is 405 g/mol. The molecule has 4 aliphatic rings. The molecule has 0 atom stereocenters. The van der Waals surface area contributed by atoms with Crippen LogP contribution in [-0.4, -0.2) is 10.3 Å². The van der Waals surface area contributed by atoms with E-state index >= 15 is 0 Å². The van der Waals surface area contributed by atoms with Crippen molar-refractivity contribution in [2.75, 3.05) is 0 Å². The number of benzene rings is 2. The monoisotopic (exact) mass is 431 g/mol. The lowest BCUT2D eigenvalue weighted by molar-refractivity contribution is 0.108. The third-order valence-corrected chi connectivity index (χ3v) is 8.18. The molecule has 31 heavy (non-hydrogen) atoms. The van der Waals surface area contributed by atoms with E-state index in [1.165, 1.54) is 55.5 Å². The average Bonchev–Trinajstić information content (AvgIpc) is 3.18. The summed E-state index contributed by atoms with van der Waals surface area (Å²) >= 11 is 1.60. The zero-order valence-electron chi connectivity index (χ0n) is 17.7. The Morgan fingerprint density at radius 2 is 1.48 bits per heavy atom. The number of rotatable bonds is 3. The molecule has 7 rings (SSSR count). The van der Waals surface area contributed by atoms with Gasteiger partial charge in [0.15, 0.2) is 0 Å². The van der Waals surface area contributed by atoms with E-state index in [1.807, 2.05) is 12.1 Å². The van der Waals surface area contributed by atoms with Gasteiger partial charge in [-0.1, -0.05) is 29.8 Å². The first kappa shape index (κ1) is 19.2. The second-order valence-corrected chi connectivity index (χ2v) is 10.3. The Morgan fingerprint density at radius 1 is 0.839 bits per heavy atom. The molecule has 3 aromatic rings. The molecule has 4 bridgehead atoms. The Morgan fingerprint density at radius 3 is 2.13 bits per heavy atom. The van der Waals surface area contributed by atoms with Crippen molar-refractivity contribution in [3.63, 3.8) is 0 Å². The van der Waals surface area contributed by atoms with Crippen molar-refractivity contribution in [2.24, 2.45) is 33.9 Å². The van der Waals surface area contributed by atoms with Crippen LogP contribution in [0.1, 0.15) is 37.7 Å². The third-order valence-electron chi connectivity index (χ3n) is 7.37. The van der Waals surface area contributed by atoms with E-state index in [0.717, 1.165) is 33.6 Å². The fourth-order valence-electron chi connectivity index (χ4n) is 6.08. The molecule has 4 aliphatic carbocycles. The minimum atomic E-state index is -0.233. The maximum atomic E-state index is 13.6. The van der Waals surface area contributed by atoms with E-state index in [2.05, 4.69) is 41.1 Å². The van der Waals surface area contributed by atoms with Crippen LogP contribution in [0.25, 0.3) is 16.9 Å². The number of thiazole rings is 1. The highest BCUT2D eigenvalue weighted by atomic mass is 32.1. The summed E-state index contributed by atoms with van der Waals surface area (Å²) in [7, 11) is 0. The molecule has 2 aromatic carbocycles. The van der Waals surface area contributed by atoms with E-state index in [4.69, 9.17) is 10.2 Å². The van der Waals surface area contributed by atoms with Gasteiger partial charge in [-0.3, -0.25) is 4.57 Å². The molecular formula is C26H26FN3S. The van der Waals surface area contributed by atoms with Crippen molar-refractivity contribution in [2.45, 2.75) is 39.0 Å². The van der Waals surface area contributed by atoms with Crippen molar-refractivity contribution in [1.29, 1.82) is 0 Å². The standard InChI is InChI=1S/C26H26FN3S/c1-16-2-4-19(5-3-16)24-15-31-26(30(24)23-8-6-22(27)7-9-23)29-28-25-20-11-17-10-18(13-20)14-21(25)12-17/h2-9,15,17-18,20-21H,10-14H2,1H3/b28-25?,29-26+. The largest absolute Gasteiger partial charge is 0.284 e. The Hall–Kier alpha value is -2.53. The van der Waals surface area contributed by atoms with E-state index in [-0.39, 0.29) is 5.82 Å². The van der Waals surface area contributed by atoms with Crippen LogP contribution in [0.15, 0.2) is 64.1 Å². The summed E-state index contributed by atoms with van der Waals surface area (Å²) in [6, 6.07) is 15.1. The summed E-state index contributed by atoms with van der Waals surface area (Å²) < 4.78 is 15.7. The molecule has 3 nitrogen and oxygen atoms in total. The van der Waals surface area contributed by atoms with Crippen LogP contribution >= 0.6 is 11.3 Å². The number of aromatic nitrogens is 1. The molecule has 0 saturated heterocycles. The topological polar surface area (TPSA) is 29.6 Å². The normalized spacial score (nSPS) is 27.2. The number of hydrogen-bond donors (Lipinski definition) is 0. The fraction of sp³-hybridized carbons (Fsp3) is 0.385. The summed E-state index contributed by atoms with van der Waals surface area (Å²) in [6.45, 7) is 2.09. The molecule has 0 amide bonds. The summed E-state index contributed by atoms with van der Waals surface area (Å²) in [4.78, 5) is 0.837. The molecule has 4 saturated carbocycles. The van der Waals surface area contributed by atoms with Gasteiger partial charge in [0.25, 0.3) is 0 Å². The van der Waals surface area contributed by atoms with Crippen LogP contribution in [0.4, 0.5) is 4.39 Å². The van der Waals surface area contributed by atoms with E-state index < -0.39 is 0 Å². The Labute approximate surface area is 186 Å². The van der Waals surface area contributed by atoms with Crippen molar-refractivity contribution < 1.29 is 4.39 Å². The van der Waals surface area contributed by atoms with Crippen molar-refractivity contribution in [3.05, 3.63) is 70.1 Å². The minimum Gasteiger partial charge on any atom is -0.284 e. The van der Waals surface area contributed by atoms with Gasteiger partial charge in [0.2, 0.25) is 4.80 Å². The SMILES string of the molecule is Cc1ccc(-c2cs/c(=N/N=C3C4CC5CC(C4)CC3C5)n2-c2ccc(F)cc2)cc1. The lowest BCUT2D eigenvalue weighted by Crippen LogP contribution is -2.45. The van der Waals surface area contributed by atoms with E-state index in [0.29, 0.717) is 11.8 Å². The highest BCUT2D eigenvalue weighted by Gasteiger charge is 2.46. The Kier molecular flexibility index (Phi) is 4.67. The van der Waals surface area contributed by atoms with Crippen molar-refractivity contribution in [3.8, 4) is 16.9 Å². The van der Waals surface area contributed by atoms with Gasteiger partial charge in [-0.25, -0.2) is 4.39 Å². The number of halogens is 1. The number of nitrogens with zero attached hydrogens (tertiary/aromatic N) is 3. The molecule has 0 aliphatic heterocycles. The van der Waals surface area contributed by atoms with Gasteiger partial charge < -0.3 is 0 Å². The molecule has 158 valence electrons. The first-order valence-corrected chi connectivity index (χ1v) is 12.2. The van der Waals surface area contributed by atoms with Crippen molar-refractivity contribution in [1.82, 2.24) is 4.57 Å². The lowest BCUT2D eigenvalue weighted by Gasteiger charge is -2.50. The first-order valence-electron chi connectivity index (χ1n) is 11.3. The van der Waals surface area contributed by atoms with Gasteiger partial charge in [-0.2, -0.15) is 5.10 Å². The van der Waals surface area contributed by atoms with Crippen LogP contribution < -0.4 is 4.80 Å². The molecule has 0 radical (unpaired) electrons. The summed E-state index contributed by atoms with van der Waals surface area (Å²) in [5, 5.41) is 11.8. The third kappa shape index (κ3) is 3.49. The first-order chi connectivity index (χ1) is 15.1. The number of aryl methyl sites for hydroxylation is 1. The smallest absolute Gasteiger partial charge is 0.215 e. The van der Waals surface area contributed by atoms with Gasteiger partial charge in [-0.05, 0) is 92.5 Å². The van der Waals surface area contributed by atoms with Gasteiger partial charge in [0.1, 0.15) is 5.82 Å². The fourth-order valence-corrected chi connectivity index (χ4v) is 6.93. The second-order valence-electron chi connectivity index (χ2n) is 9.51. The zero-order chi connectivity index (χ0) is 20.9. The predicted molar refractivity (Wildman–Crippen MR) is 124 cm³/mol. The molecule has 4 fully saturated rings. The van der Waals surface area contributed by atoms with Crippen LogP contribution in [0.5, 0.6) is 0 Å². The van der Waals surface area contributed by atoms with Gasteiger partial charge >= 0.3 is 0 Å². The summed E-state index contributed by atoms with van der Waals surface area (Å²) in [5.41, 5.74) is 5.64. The Bertz CT molecular complexity index is 1170. The molecule has 0 spiro atoms. The molecule has 0 unspecified atom stereocenters. The summed E-state index contributed by atoms with van der Waals surface area (Å²) in [5.74, 6) is 2.87. The van der Waals surface area contributed by atoms with Gasteiger partial charge in [0.05, 0.1) is 5.69 Å². The van der Waals surface area contributed by atoms with Crippen LogP contribution in [0.2, 0.25) is 0 Å². The lowest BCUT2D eigenvalue weighted by atomic mass is 9.55. The minimum absolute atomic E-state index is 0.233. The molecule has 1 aromatic heterocycles. The Balaban J connectivity index is 1.46. The number of hydrogen-bond acceptors (Lipinski definition) is 3.